The first kappa shape index (κ1) is 12.8. The topological polar surface area (TPSA) is 73.1 Å². The zero-order chi connectivity index (χ0) is 12.1. The molecule has 5 nitrogen and oxygen atoms in total. The Morgan fingerprint density at radius 1 is 1.38 bits per heavy atom. The molecule has 16 heavy (non-hydrogen) atoms. The van der Waals surface area contributed by atoms with Gasteiger partial charge >= 0.3 is 0 Å². The molecular weight excluding hydrogens is 202 g/mol. The van der Waals surface area contributed by atoms with Crippen molar-refractivity contribution in [3.63, 3.8) is 0 Å². The van der Waals surface area contributed by atoms with E-state index >= 15 is 0 Å². The normalized spacial score (nSPS) is 13.2. The Balaban J connectivity index is 2.24. The van der Waals surface area contributed by atoms with Crippen LogP contribution in [0.15, 0.2) is 6.20 Å². The summed E-state index contributed by atoms with van der Waals surface area (Å²) in [7, 11) is 4.22. The molecule has 0 bridgehead atoms. The fourth-order valence-electron chi connectivity index (χ4n) is 1.55. The molecule has 4 N–H and O–H groups in total. The SMILES string of the molecule is CC(CCCCn1ncc(N)c1N)N(C)C. The summed E-state index contributed by atoms with van der Waals surface area (Å²) < 4.78 is 1.77. The molecule has 1 aromatic heterocycles. The summed E-state index contributed by atoms with van der Waals surface area (Å²) in [6, 6.07) is 0.625. The van der Waals surface area contributed by atoms with Crippen LogP contribution in [0.4, 0.5) is 11.5 Å². The Morgan fingerprint density at radius 3 is 2.56 bits per heavy atom. The van der Waals surface area contributed by atoms with Crippen LogP contribution in [0.2, 0.25) is 0 Å². The number of hydrogen-bond acceptors (Lipinski definition) is 4. The molecule has 0 spiro atoms. The lowest BCUT2D eigenvalue weighted by molar-refractivity contribution is 0.290. The van der Waals surface area contributed by atoms with E-state index < -0.39 is 0 Å². The number of nitrogens with two attached hydrogens (primary N) is 2. The van der Waals surface area contributed by atoms with Crippen LogP contribution in [0.5, 0.6) is 0 Å². The number of unbranched alkanes of at least 4 members (excludes halogenated alkanes) is 1. The molecule has 1 heterocycles. The molecule has 92 valence electrons. The van der Waals surface area contributed by atoms with Crippen molar-refractivity contribution in [2.24, 2.45) is 0 Å². The summed E-state index contributed by atoms with van der Waals surface area (Å²) >= 11 is 0. The molecule has 0 aliphatic rings. The van der Waals surface area contributed by atoms with Crippen molar-refractivity contribution < 1.29 is 0 Å². The molecule has 5 heteroatoms. The summed E-state index contributed by atoms with van der Waals surface area (Å²) in [5.41, 5.74) is 11.9. The van der Waals surface area contributed by atoms with E-state index in [2.05, 4.69) is 31.0 Å². The second-order valence-corrected chi connectivity index (χ2v) is 4.52. The van der Waals surface area contributed by atoms with Gasteiger partial charge in [0.05, 0.1) is 11.9 Å². The van der Waals surface area contributed by atoms with Crippen LogP contribution in [-0.4, -0.2) is 34.8 Å². The zero-order valence-electron chi connectivity index (χ0n) is 10.5. The van der Waals surface area contributed by atoms with E-state index in [-0.39, 0.29) is 0 Å². The second kappa shape index (κ2) is 5.75. The van der Waals surface area contributed by atoms with Crippen LogP contribution in [0, 0.1) is 0 Å². The Kier molecular flexibility index (Phi) is 4.61. The number of nitrogens with zero attached hydrogens (tertiary/aromatic N) is 3. The second-order valence-electron chi connectivity index (χ2n) is 4.52. The smallest absolute Gasteiger partial charge is 0.145 e. The monoisotopic (exact) mass is 225 g/mol. The Bertz CT molecular complexity index is 318. The van der Waals surface area contributed by atoms with Gasteiger partial charge in [-0.25, -0.2) is 4.68 Å². The molecule has 1 aromatic rings. The number of anilines is 2. The predicted octanol–water partition coefficient (Wildman–Crippen LogP) is 1.17. The van der Waals surface area contributed by atoms with Crippen molar-refractivity contribution in [2.45, 2.75) is 38.8 Å². The number of aryl methyl sites for hydroxylation is 1. The highest BCUT2D eigenvalue weighted by Gasteiger charge is 2.05. The molecule has 0 aliphatic carbocycles. The summed E-state index contributed by atoms with van der Waals surface area (Å²) in [5, 5.41) is 4.12. The minimum atomic E-state index is 0.571. The Hall–Kier alpha value is -1.23. The first-order valence-corrected chi connectivity index (χ1v) is 5.75. The Morgan fingerprint density at radius 2 is 2.06 bits per heavy atom. The predicted molar refractivity (Wildman–Crippen MR) is 68.1 cm³/mol. The van der Waals surface area contributed by atoms with Crippen molar-refractivity contribution in [1.29, 1.82) is 0 Å². The highest BCUT2D eigenvalue weighted by atomic mass is 15.3. The first-order valence-electron chi connectivity index (χ1n) is 5.75. The maximum absolute atomic E-state index is 5.76. The molecule has 0 aromatic carbocycles. The van der Waals surface area contributed by atoms with Gasteiger partial charge in [0.1, 0.15) is 5.82 Å². The van der Waals surface area contributed by atoms with Gasteiger partial charge in [-0.05, 0) is 33.9 Å². The van der Waals surface area contributed by atoms with Gasteiger partial charge < -0.3 is 16.4 Å². The van der Waals surface area contributed by atoms with E-state index in [9.17, 15) is 0 Å². The van der Waals surface area contributed by atoms with E-state index in [1.54, 1.807) is 10.9 Å². The van der Waals surface area contributed by atoms with Crippen LogP contribution in [-0.2, 0) is 6.54 Å². The molecule has 0 saturated carbocycles. The summed E-state index contributed by atoms with van der Waals surface area (Å²) in [5.74, 6) is 0.584. The lowest BCUT2D eigenvalue weighted by Gasteiger charge is -2.19. The van der Waals surface area contributed by atoms with Crippen LogP contribution in [0.3, 0.4) is 0 Å². The zero-order valence-corrected chi connectivity index (χ0v) is 10.5. The van der Waals surface area contributed by atoms with Gasteiger partial charge in [0, 0.05) is 12.6 Å². The minimum Gasteiger partial charge on any atom is -0.394 e. The summed E-state index contributed by atoms with van der Waals surface area (Å²) in [6.45, 7) is 3.09. The largest absolute Gasteiger partial charge is 0.394 e. The van der Waals surface area contributed by atoms with Crippen LogP contribution >= 0.6 is 0 Å². The quantitative estimate of drug-likeness (QED) is 0.713. The van der Waals surface area contributed by atoms with E-state index in [0.717, 1.165) is 13.0 Å². The van der Waals surface area contributed by atoms with Gasteiger partial charge in [0.25, 0.3) is 0 Å². The van der Waals surface area contributed by atoms with Gasteiger partial charge in [0.15, 0.2) is 0 Å². The summed E-state index contributed by atoms with van der Waals surface area (Å²) in [4.78, 5) is 2.24. The lowest BCUT2D eigenvalue weighted by Crippen LogP contribution is -2.24. The number of aromatic nitrogens is 2. The summed E-state index contributed by atoms with van der Waals surface area (Å²) in [6.07, 6.45) is 5.07. The lowest BCUT2D eigenvalue weighted by atomic mass is 10.1. The molecular formula is C11H23N5. The third kappa shape index (κ3) is 3.41. The molecule has 0 aliphatic heterocycles. The third-order valence-electron chi connectivity index (χ3n) is 3.03. The van der Waals surface area contributed by atoms with E-state index in [1.165, 1.54) is 12.8 Å². The Labute approximate surface area is 97.4 Å². The number of nitrogen functional groups attached to an aromatic ring is 2. The van der Waals surface area contributed by atoms with Gasteiger partial charge in [0.2, 0.25) is 0 Å². The highest BCUT2D eigenvalue weighted by molar-refractivity contribution is 5.56. The van der Waals surface area contributed by atoms with Gasteiger partial charge in [-0.1, -0.05) is 6.42 Å². The molecule has 0 saturated heterocycles. The van der Waals surface area contributed by atoms with Gasteiger partial charge in [-0.2, -0.15) is 5.10 Å². The highest BCUT2D eigenvalue weighted by Crippen LogP contribution is 2.14. The van der Waals surface area contributed by atoms with Crippen molar-refractivity contribution in [3.05, 3.63) is 6.20 Å². The molecule has 0 amide bonds. The third-order valence-corrected chi connectivity index (χ3v) is 3.03. The molecule has 0 radical (unpaired) electrons. The maximum atomic E-state index is 5.76. The standard InChI is InChI=1S/C11H23N5/c1-9(15(2)3)6-4-5-7-16-11(13)10(12)8-14-16/h8-9H,4-7,12-13H2,1-3H3. The van der Waals surface area contributed by atoms with E-state index in [4.69, 9.17) is 11.5 Å². The average molecular weight is 225 g/mol. The van der Waals surface area contributed by atoms with E-state index in [1.807, 2.05) is 0 Å². The van der Waals surface area contributed by atoms with Crippen molar-refractivity contribution in [3.8, 4) is 0 Å². The van der Waals surface area contributed by atoms with Crippen molar-refractivity contribution in [2.75, 3.05) is 25.6 Å². The van der Waals surface area contributed by atoms with Crippen LogP contribution in [0.25, 0.3) is 0 Å². The van der Waals surface area contributed by atoms with Crippen LogP contribution in [0.1, 0.15) is 26.2 Å². The van der Waals surface area contributed by atoms with Crippen LogP contribution < -0.4 is 11.5 Å². The fraction of sp³-hybridized carbons (Fsp3) is 0.727. The number of hydrogen-bond donors (Lipinski definition) is 2. The number of rotatable bonds is 6. The van der Waals surface area contributed by atoms with Crippen molar-refractivity contribution >= 4 is 11.5 Å². The first-order chi connectivity index (χ1) is 7.52. The van der Waals surface area contributed by atoms with Gasteiger partial charge in [-0.3, -0.25) is 0 Å². The molecule has 0 fully saturated rings. The molecule has 1 rings (SSSR count). The fourth-order valence-corrected chi connectivity index (χ4v) is 1.55. The average Bonchev–Trinajstić information content (AvgIpc) is 2.55. The maximum Gasteiger partial charge on any atom is 0.145 e. The molecule has 1 unspecified atom stereocenters. The van der Waals surface area contributed by atoms with Gasteiger partial charge in [-0.15, -0.1) is 0 Å². The minimum absolute atomic E-state index is 0.571. The van der Waals surface area contributed by atoms with E-state index in [0.29, 0.717) is 17.5 Å². The molecule has 1 atom stereocenters. The van der Waals surface area contributed by atoms with Crippen molar-refractivity contribution in [1.82, 2.24) is 14.7 Å².